The Morgan fingerprint density at radius 1 is 0.667 bits per heavy atom. The molecule has 0 unspecified atom stereocenters. The minimum atomic E-state index is -3.15. The van der Waals surface area contributed by atoms with Gasteiger partial charge in [0.25, 0.3) is 0 Å². The molecule has 2 N–H and O–H groups in total. The standard InChI is InChI=1S/C16H36ClO2PS/c1-3-5-7-9-11-13-15-21(20(17,18)19)16-14-12-10-8-6-4-2/h18-19H,3-16H2,1-2H3. The number of hydrogen-bond acceptors (Lipinski definition) is 0. The molecule has 21 heavy (non-hydrogen) atoms. The van der Waals surface area contributed by atoms with Crippen molar-refractivity contribution < 1.29 is 9.79 Å². The van der Waals surface area contributed by atoms with Crippen LogP contribution in [0.3, 0.4) is 0 Å². The van der Waals surface area contributed by atoms with Gasteiger partial charge in [-0.2, -0.15) is 0 Å². The monoisotopic (exact) mass is 358 g/mol. The molecule has 0 bridgehead atoms. The van der Waals surface area contributed by atoms with E-state index in [4.69, 9.17) is 11.2 Å². The first-order valence-corrected chi connectivity index (χ1v) is 13.5. The van der Waals surface area contributed by atoms with Crippen LogP contribution in [0.5, 0.6) is 0 Å². The minimum absolute atomic E-state index is 0.369. The lowest BCUT2D eigenvalue weighted by molar-refractivity contribution is 0.499. The zero-order chi connectivity index (χ0) is 16.0. The first-order valence-electron chi connectivity index (χ1n) is 8.74. The van der Waals surface area contributed by atoms with E-state index in [1.165, 1.54) is 64.2 Å². The third kappa shape index (κ3) is 14.3. The first kappa shape index (κ1) is 22.0. The van der Waals surface area contributed by atoms with Gasteiger partial charge in [0.05, 0.1) is 0 Å². The summed E-state index contributed by atoms with van der Waals surface area (Å²) in [6.45, 7) is 4.45. The van der Waals surface area contributed by atoms with Gasteiger partial charge in [-0.3, -0.25) is 0 Å². The summed E-state index contributed by atoms with van der Waals surface area (Å²) in [5.74, 6) is -1.33. The number of halogens is 1. The van der Waals surface area contributed by atoms with E-state index in [-0.39, 0.29) is 10.1 Å². The fourth-order valence-electron chi connectivity index (χ4n) is 2.43. The van der Waals surface area contributed by atoms with E-state index < -0.39 is 5.84 Å². The molecular formula is C16H36ClO2PS. The van der Waals surface area contributed by atoms with Crippen molar-refractivity contribution in [1.82, 2.24) is 0 Å². The largest absolute Gasteiger partial charge is 0.338 e. The second kappa shape index (κ2) is 14.6. The highest BCUT2D eigenvalue weighted by Gasteiger charge is 2.12. The normalized spacial score (nSPS) is 12.3. The minimum Gasteiger partial charge on any atom is -0.338 e. The van der Waals surface area contributed by atoms with Gasteiger partial charge < -0.3 is 9.79 Å². The maximum Gasteiger partial charge on any atom is 0.235 e. The Bertz CT molecular complexity index is 266. The van der Waals surface area contributed by atoms with Crippen molar-refractivity contribution in [1.29, 1.82) is 0 Å². The van der Waals surface area contributed by atoms with Gasteiger partial charge in [-0.05, 0) is 35.6 Å². The average Bonchev–Trinajstić information content (AvgIpc) is 2.42. The zero-order valence-electron chi connectivity index (χ0n) is 14.0. The number of hydrogen-bond donors (Lipinski definition) is 2. The van der Waals surface area contributed by atoms with Gasteiger partial charge in [-0.15, -0.1) is 10.1 Å². The Morgan fingerprint density at radius 3 is 1.33 bits per heavy atom. The Balaban J connectivity index is 3.86. The molecule has 0 aliphatic heterocycles. The van der Waals surface area contributed by atoms with Crippen molar-refractivity contribution in [2.45, 2.75) is 90.9 Å². The average molecular weight is 359 g/mol. The molecule has 0 aromatic heterocycles. The van der Waals surface area contributed by atoms with E-state index in [1.54, 1.807) is 0 Å². The second-order valence-corrected chi connectivity index (χ2v) is 13.7. The SMILES string of the molecule is CCCCCCCCS(CCCCCCCC)=P(O)(O)Cl. The third-order valence-electron chi connectivity index (χ3n) is 3.80. The number of unbranched alkanes of at least 4 members (excludes halogenated alkanes) is 10. The summed E-state index contributed by atoms with van der Waals surface area (Å²) >= 11 is 5.86. The predicted molar refractivity (Wildman–Crippen MR) is 101 cm³/mol. The second-order valence-electron chi connectivity index (χ2n) is 5.88. The van der Waals surface area contributed by atoms with Crippen LogP contribution < -0.4 is 0 Å². The summed E-state index contributed by atoms with van der Waals surface area (Å²) in [5.41, 5.74) is 0. The summed E-state index contributed by atoms with van der Waals surface area (Å²) in [6, 6.07) is 0. The highest BCUT2D eigenvalue weighted by atomic mass is 35.7. The van der Waals surface area contributed by atoms with Gasteiger partial charge in [0.2, 0.25) is 5.84 Å². The van der Waals surface area contributed by atoms with E-state index in [0.29, 0.717) is 0 Å². The molecule has 0 fully saturated rings. The molecule has 0 rings (SSSR count). The maximum atomic E-state index is 9.80. The molecule has 0 aromatic rings. The van der Waals surface area contributed by atoms with Crippen molar-refractivity contribution in [2.24, 2.45) is 0 Å². The summed E-state index contributed by atoms with van der Waals surface area (Å²) in [4.78, 5) is 19.6. The van der Waals surface area contributed by atoms with E-state index in [9.17, 15) is 9.79 Å². The van der Waals surface area contributed by atoms with E-state index in [1.807, 2.05) is 0 Å². The molecule has 5 heteroatoms. The van der Waals surface area contributed by atoms with Gasteiger partial charge in [-0.25, -0.2) is 0 Å². The van der Waals surface area contributed by atoms with Crippen LogP contribution in [0, 0.1) is 0 Å². The Kier molecular flexibility index (Phi) is 15.3. The lowest BCUT2D eigenvalue weighted by Gasteiger charge is -2.15. The van der Waals surface area contributed by atoms with Gasteiger partial charge in [-0.1, -0.05) is 78.1 Å². The van der Waals surface area contributed by atoms with Gasteiger partial charge >= 0.3 is 0 Å². The quantitative estimate of drug-likeness (QED) is 0.285. The molecule has 0 aliphatic carbocycles. The molecule has 130 valence electrons. The lowest BCUT2D eigenvalue weighted by atomic mass is 10.1. The summed E-state index contributed by atoms with van der Waals surface area (Å²) in [6.07, 6.45) is 14.9. The predicted octanol–water partition coefficient (Wildman–Crippen LogP) is 6.23. The van der Waals surface area contributed by atoms with Crippen LogP contribution in [-0.4, -0.2) is 21.3 Å². The van der Waals surface area contributed by atoms with Crippen LogP contribution in [0.15, 0.2) is 0 Å². The maximum absolute atomic E-state index is 9.80. The molecule has 0 amide bonds. The number of rotatable bonds is 14. The van der Waals surface area contributed by atoms with Gasteiger partial charge in [0.15, 0.2) is 0 Å². The van der Waals surface area contributed by atoms with Crippen molar-refractivity contribution in [2.75, 3.05) is 11.5 Å². The molecule has 0 spiro atoms. The summed E-state index contributed by atoms with van der Waals surface area (Å²) in [5, 5.41) is 0. The summed E-state index contributed by atoms with van der Waals surface area (Å²) in [7, 11) is -0.369. The smallest absolute Gasteiger partial charge is 0.235 e. The summed E-state index contributed by atoms with van der Waals surface area (Å²) < 4.78 is 0. The van der Waals surface area contributed by atoms with Crippen LogP contribution in [0.2, 0.25) is 0 Å². The van der Waals surface area contributed by atoms with Crippen molar-refractivity contribution in [3.8, 4) is 0 Å². The zero-order valence-corrected chi connectivity index (χ0v) is 16.5. The Hall–Kier alpha value is 0.990. The Morgan fingerprint density at radius 2 is 1.00 bits per heavy atom. The first-order chi connectivity index (χ1) is 10.0. The molecular weight excluding hydrogens is 323 g/mol. The van der Waals surface area contributed by atoms with Crippen LogP contribution in [-0.2, 0) is 10.1 Å². The van der Waals surface area contributed by atoms with E-state index in [0.717, 1.165) is 24.3 Å². The molecule has 2 nitrogen and oxygen atoms in total. The molecule has 0 aromatic carbocycles. The van der Waals surface area contributed by atoms with Crippen LogP contribution in [0.1, 0.15) is 90.9 Å². The molecule has 0 heterocycles. The highest BCUT2D eigenvalue weighted by molar-refractivity contribution is 8.37. The van der Waals surface area contributed by atoms with Crippen molar-refractivity contribution in [3.63, 3.8) is 0 Å². The van der Waals surface area contributed by atoms with Crippen molar-refractivity contribution >= 4 is 27.2 Å². The fourth-order valence-corrected chi connectivity index (χ4v) is 7.59. The molecule has 0 atom stereocenters. The van der Waals surface area contributed by atoms with Crippen LogP contribution in [0.4, 0.5) is 0 Å². The molecule has 0 radical (unpaired) electrons. The molecule has 0 saturated carbocycles. The lowest BCUT2D eigenvalue weighted by Crippen LogP contribution is -2.04. The van der Waals surface area contributed by atoms with Gasteiger partial charge in [0.1, 0.15) is 0 Å². The third-order valence-corrected chi connectivity index (χ3v) is 10.8. The Labute approximate surface area is 139 Å². The van der Waals surface area contributed by atoms with Gasteiger partial charge in [0, 0.05) is 0 Å². The molecule has 0 aliphatic rings. The van der Waals surface area contributed by atoms with Crippen LogP contribution >= 0.6 is 17.1 Å². The highest BCUT2D eigenvalue weighted by Crippen LogP contribution is 2.48. The van der Waals surface area contributed by atoms with E-state index >= 15 is 0 Å². The molecule has 0 saturated heterocycles. The fraction of sp³-hybridized carbons (Fsp3) is 1.00. The van der Waals surface area contributed by atoms with Crippen molar-refractivity contribution in [3.05, 3.63) is 0 Å². The van der Waals surface area contributed by atoms with Crippen LogP contribution in [0.25, 0.3) is 0 Å². The van der Waals surface area contributed by atoms with E-state index in [2.05, 4.69) is 13.8 Å². The topological polar surface area (TPSA) is 40.5 Å².